The van der Waals surface area contributed by atoms with Gasteiger partial charge in [-0.15, -0.1) is 0 Å². The molecule has 1 N–H and O–H groups in total. The first-order chi connectivity index (χ1) is 4.14. The summed E-state index contributed by atoms with van der Waals surface area (Å²) in [5.41, 5.74) is -0.306. The number of hydrogen-bond donors (Lipinski definition) is 1. The van der Waals surface area contributed by atoms with Gasteiger partial charge in [-0.05, 0) is 25.7 Å². The molecule has 0 aromatic carbocycles. The lowest BCUT2D eigenvalue weighted by molar-refractivity contribution is -0.0593. The Balaban J connectivity index is 2.12. The van der Waals surface area contributed by atoms with E-state index >= 15 is 0 Å². The smallest absolute Gasteiger partial charge is 0.0625 e. The number of rotatable bonds is 2. The fourth-order valence-electron chi connectivity index (χ4n) is 1.80. The molecule has 1 aliphatic rings. The third-order valence-corrected chi connectivity index (χ3v) is 2.15. The predicted octanol–water partition coefficient (Wildman–Crippen LogP) is 1.95. The van der Waals surface area contributed by atoms with Crippen LogP contribution in [-0.2, 0) is 0 Å². The Morgan fingerprint density at radius 2 is 2.11 bits per heavy atom. The Morgan fingerprint density at radius 1 is 1.56 bits per heavy atom. The molecule has 1 fully saturated rings. The molecule has 0 saturated heterocycles. The number of aliphatic hydroxyl groups is 1. The van der Waals surface area contributed by atoms with Crippen molar-refractivity contribution in [3.63, 3.8) is 0 Å². The highest BCUT2D eigenvalue weighted by atomic mass is 16.3. The van der Waals surface area contributed by atoms with Crippen LogP contribution in [-0.4, -0.2) is 10.7 Å². The average Bonchev–Trinajstić information content (AvgIpc) is 1.62. The van der Waals surface area contributed by atoms with Crippen molar-refractivity contribution in [2.24, 2.45) is 5.92 Å². The zero-order valence-electron chi connectivity index (χ0n) is 6.35. The second-order valence-corrected chi connectivity index (χ2v) is 3.56. The summed E-state index contributed by atoms with van der Waals surface area (Å²) in [5, 5.41) is 9.31. The Labute approximate surface area is 57.1 Å². The summed E-state index contributed by atoms with van der Waals surface area (Å²) in [6.07, 6.45) is 4.62. The second-order valence-electron chi connectivity index (χ2n) is 3.56. The normalized spacial score (nSPS) is 42.3. The monoisotopic (exact) mass is 128 g/mol. The van der Waals surface area contributed by atoms with Crippen LogP contribution in [0.3, 0.4) is 0 Å². The first kappa shape index (κ1) is 7.07. The molecule has 1 heteroatoms. The van der Waals surface area contributed by atoms with Crippen molar-refractivity contribution in [2.45, 2.75) is 45.1 Å². The molecule has 0 unspecified atom stereocenters. The second kappa shape index (κ2) is 2.30. The van der Waals surface area contributed by atoms with E-state index in [1.54, 1.807) is 0 Å². The van der Waals surface area contributed by atoms with Crippen molar-refractivity contribution in [1.29, 1.82) is 0 Å². The highest BCUT2D eigenvalue weighted by Gasteiger charge is 2.37. The van der Waals surface area contributed by atoms with E-state index < -0.39 is 0 Å². The van der Waals surface area contributed by atoms with Crippen LogP contribution in [0.4, 0.5) is 0 Å². The van der Waals surface area contributed by atoms with E-state index in [9.17, 15) is 5.11 Å². The molecule has 0 amide bonds. The SMILES string of the molecule is CCC[C@H]1C[C@@](C)(O)C1. The summed E-state index contributed by atoms with van der Waals surface area (Å²) in [6.45, 7) is 4.13. The van der Waals surface area contributed by atoms with Gasteiger partial charge in [-0.1, -0.05) is 19.8 Å². The van der Waals surface area contributed by atoms with Gasteiger partial charge in [0.1, 0.15) is 0 Å². The van der Waals surface area contributed by atoms with Gasteiger partial charge in [0.2, 0.25) is 0 Å². The first-order valence-electron chi connectivity index (χ1n) is 3.86. The highest BCUT2D eigenvalue weighted by Crippen LogP contribution is 2.39. The van der Waals surface area contributed by atoms with Gasteiger partial charge >= 0.3 is 0 Å². The Kier molecular flexibility index (Phi) is 1.80. The molecule has 54 valence electrons. The molecule has 0 aromatic rings. The average molecular weight is 128 g/mol. The van der Waals surface area contributed by atoms with Gasteiger partial charge in [-0.3, -0.25) is 0 Å². The van der Waals surface area contributed by atoms with Gasteiger partial charge in [0, 0.05) is 0 Å². The maximum Gasteiger partial charge on any atom is 0.0625 e. The molecule has 0 spiro atoms. The van der Waals surface area contributed by atoms with Crippen molar-refractivity contribution in [1.82, 2.24) is 0 Å². The number of hydrogen-bond acceptors (Lipinski definition) is 1. The summed E-state index contributed by atoms with van der Waals surface area (Å²) >= 11 is 0. The molecule has 0 aromatic heterocycles. The van der Waals surface area contributed by atoms with Crippen molar-refractivity contribution in [2.75, 3.05) is 0 Å². The molecule has 0 heterocycles. The molecule has 0 atom stereocenters. The van der Waals surface area contributed by atoms with Gasteiger partial charge in [0.25, 0.3) is 0 Å². The van der Waals surface area contributed by atoms with Crippen LogP contribution in [0.25, 0.3) is 0 Å². The fraction of sp³-hybridized carbons (Fsp3) is 1.00. The van der Waals surface area contributed by atoms with Crippen LogP contribution >= 0.6 is 0 Å². The molecule has 0 aliphatic heterocycles. The van der Waals surface area contributed by atoms with Gasteiger partial charge in [0.05, 0.1) is 5.60 Å². The van der Waals surface area contributed by atoms with E-state index in [4.69, 9.17) is 0 Å². The van der Waals surface area contributed by atoms with Crippen LogP contribution in [0, 0.1) is 5.92 Å². The summed E-state index contributed by atoms with van der Waals surface area (Å²) in [7, 11) is 0. The first-order valence-corrected chi connectivity index (χ1v) is 3.86. The minimum absolute atomic E-state index is 0.306. The molecule has 0 bridgehead atoms. The Hall–Kier alpha value is -0.0400. The fourth-order valence-corrected chi connectivity index (χ4v) is 1.80. The van der Waals surface area contributed by atoms with E-state index in [1.165, 1.54) is 12.8 Å². The van der Waals surface area contributed by atoms with Crippen molar-refractivity contribution >= 4 is 0 Å². The molecular weight excluding hydrogens is 112 g/mol. The van der Waals surface area contributed by atoms with Gasteiger partial charge in [0.15, 0.2) is 0 Å². The topological polar surface area (TPSA) is 20.2 Å². The molecule has 1 aliphatic carbocycles. The van der Waals surface area contributed by atoms with E-state index in [0.29, 0.717) is 0 Å². The van der Waals surface area contributed by atoms with Crippen molar-refractivity contribution in [3.05, 3.63) is 0 Å². The molecule has 1 rings (SSSR count). The van der Waals surface area contributed by atoms with E-state index in [1.807, 2.05) is 6.92 Å². The van der Waals surface area contributed by atoms with Gasteiger partial charge in [-0.2, -0.15) is 0 Å². The largest absolute Gasteiger partial charge is 0.390 e. The summed E-state index contributed by atoms with van der Waals surface area (Å²) in [6, 6.07) is 0. The zero-order chi connectivity index (χ0) is 6.91. The Bertz CT molecular complexity index is 88.7. The highest BCUT2D eigenvalue weighted by molar-refractivity contribution is 4.89. The van der Waals surface area contributed by atoms with E-state index in [0.717, 1.165) is 18.8 Å². The maximum absolute atomic E-state index is 9.31. The Morgan fingerprint density at radius 3 is 2.44 bits per heavy atom. The lowest BCUT2D eigenvalue weighted by atomic mass is 9.70. The zero-order valence-corrected chi connectivity index (χ0v) is 6.35. The van der Waals surface area contributed by atoms with Crippen LogP contribution in [0.15, 0.2) is 0 Å². The standard InChI is InChI=1S/C8H16O/c1-3-4-7-5-8(2,9)6-7/h7,9H,3-6H2,1-2H3/t7-,8+. The molecule has 9 heavy (non-hydrogen) atoms. The lowest BCUT2D eigenvalue weighted by Crippen LogP contribution is -2.40. The maximum atomic E-state index is 9.31. The molecular formula is C8H16O. The van der Waals surface area contributed by atoms with Crippen LogP contribution in [0.5, 0.6) is 0 Å². The van der Waals surface area contributed by atoms with Gasteiger partial charge in [-0.25, -0.2) is 0 Å². The van der Waals surface area contributed by atoms with E-state index in [-0.39, 0.29) is 5.60 Å². The molecule has 1 nitrogen and oxygen atoms in total. The van der Waals surface area contributed by atoms with E-state index in [2.05, 4.69) is 6.92 Å². The molecule has 0 radical (unpaired) electrons. The minimum Gasteiger partial charge on any atom is -0.390 e. The summed E-state index contributed by atoms with van der Waals surface area (Å²) in [4.78, 5) is 0. The summed E-state index contributed by atoms with van der Waals surface area (Å²) in [5.74, 6) is 0.824. The van der Waals surface area contributed by atoms with Crippen molar-refractivity contribution in [3.8, 4) is 0 Å². The van der Waals surface area contributed by atoms with Gasteiger partial charge < -0.3 is 5.11 Å². The quantitative estimate of drug-likeness (QED) is 0.602. The van der Waals surface area contributed by atoms with Crippen LogP contribution in [0.2, 0.25) is 0 Å². The summed E-state index contributed by atoms with van der Waals surface area (Å²) < 4.78 is 0. The van der Waals surface area contributed by atoms with Crippen LogP contribution < -0.4 is 0 Å². The predicted molar refractivity (Wildman–Crippen MR) is 38.3 cm³/mol. The van der Waals surface area contributed by atoms with Crippen LogP contribution in [0.1, 0.15) is 39.5 Å². The lowest BCUT2D eigenvalue weighted by Gasteiger charge is -2.40. The van der Waals surface area contributed by atoms with Crippen molar-refractivity contribution < 1.29 is 5.11 Å². The third kappa shape index (κ3) is 1.68. The third-order valence-electron chi connectivity index (χ3n) is 2.15. The minimum atomic E-state index is -0.306. The molecule has 1 saturated carbocycles.